The zero-order valence-corrected chi connectivity index (χ0v) is 12.5. The van der Waals surface area contributed by atoms with Crippen molar-refractivity contribution in [1.29, 1.82) is 0 Å². The van der Waals surface area contributed by atoms with Crippen LogP contribution in [0.25, 0.3) is 0 Å². The third-order valence-corrected chi connectivity index (χ3v) is 3.91. The number of ether oxygens (including phenoxy) is 2. The summed E-state index contributed by atoms with van der Waals surface area (Å²) >= 11 is 0. The lowest BCUT2D eigenvalue weighted by Crippen LogP contribution is -2.42. The molecular weight excluding hydrogens is 274 g/mol. The van der Waals surface area contributed by atoms with Gasteiger partial charge in [-0.2, -0.15) is 0 Å². The Bertz CT molecular complexity index is 615. The maximum Gasteiger partial charge on any atom is 0.323 e. The van der Waals surface area contributed by atoms with Crippen LogP contribution in [0.1, 0.15) is 24.5 Å². The fourth-order valence-corrected chi connectivity index (χ4v) is 2.87. The van der Waals surface area contributed by atoms with Gasteiger partial charge in [-0.05, 0) is 17.5 Å². The summed E-state index contributed by atoms with van der Waals surface area (Å²) < 4.78 is 11.2. The lowest BCUT2D eigenvalue weighted by molar-refractivity contribution is -0.168. The van der Waals surface area contributed by atoms with Gasteiger partial charge in [0.25, 0.3) is 5.56 Å². The van der Waals surface area contributed by atoms with Crippen molar-refractivity contribution in [3.63, 3.8) is 0 Å². The van der Waals surface area contributed by atoms with Crippen LogP contribution in [-0.2, 0) is 38.4 Å². The summed E-state index contributed by atoms with van der Waals surface area (Å²) in [6.07, 6.45) is 2.90. The van der Waals surface area contributed by atoms with Crippen molar-refractivity contribution < 1.29 is 19.1 Å². The first-order valence-electron chi connectivity index (χ1n) is 6.87. The lowest BCUT2D eigenvalue weighted by atomic mass is 9.85. The van der Waals surface area contributed by atoms with E-state index in [2.05, 4.69) is 0 Å². The largest absolute Gasteiger partial charge is 0.468 e. The lowest BCUT2D eigenvalue weighted by Gasteiger charge is -2.22. The first kappa shape index (κ1) is 15.3. The van der Waals surface area contributed by atoms with Crippen LogP contribution in [0.3, 0.4) is 0 Å². The van der Waals surface area contributed by atoms with E-state index in [9.17, 15) is 14.4 Å². The molecule has 6 heteroatoms. The predicted molar refractivity (Wildman–Crippen MR) is 74.9 cm³/mol. The zero-order chi connectivity index (χ0) is 15.6. The Morgan fingerprint density at radius 3 is 2.29 bits per heavy atom. The number of nitrogens with zero attached hydrogens (tertiary/aromatic N) is 1. The van der Waals surface area contributed by atoms with Gasteiger partial charge in [-0.3, -0.25) is 14.4 Å². The average molecular weight is 293 g/mol. The van der Waals surface area contributed by atoms with Gasteiger partial charge in [0.05, 0.1) is 14.2 Å². The molecule has 21 heavy (non-hydrogen) atoms. The molecule has 1 aliphatic carbocycles. The Hall–Kier alpha value is -2.11. The van der Waals surface area contributed by atoms with E-state index < -0.39 is 17.4 Å². The van der Waals surface area contributed by atoms with E-state index >= 15 is 0 Å². The van der Waals surface area contributed by atoms with Gasteiger partial charge in [0.1, 0.15) is 0 Å². The van der Waals surface area contributed by atoms with E-state index in [1.165, 1.54) is 20.3 Å². The molecule has 6 nitrogen and oxygen atoms in total. The van der Waals surface area contributed by atoms with E-state index in [0.29, 0.717) is 12.1 Å². The van der Waals surface area contributed by atoms with E-state index in [1.54, 1.807) is 10.8 Å². The number of fused-ring (bicyclic) bond motifs is 1. The summed E-state index contributed by atoms with van der Waals surface area (Å²) in [5.74, 6) is -1.25. The van der Waals surface area contributed by atoms with Crippen molar-refractivity contribution in [3.8, 4) is 0 Å². The summed E-state index contributed by atoms with van der Waals surface area (Å²) in [7, 11) is 2.48. The van der Waals surface area contributed by atoms with Gasteiger partial charge in [0.2, 0.25) is 0 Å². The molecule has 1 aromatic heterocycles. The molecule has 0 bridgehead atoms. The van der Waals surface area contributed by atoms with Crippen molar-refractivity contribution >= 4 is 11.9 Å². The molecule has 1 heterocycles. The predicted octanol–water partition coefficient (Wildman–Crippen LogP) is 0.689. The molecule has 114 valence electrons. The van der Waals surface area contributed by atoms with Crippen LogP contribution >= 0.6 is 0 Å². The molecule has 2 rings (SSSR count). The third-order valence-electron chi connectivity index (χ3n) is 3.91. The summed E-state index contributed by atoms with van der Waals surface area (Å²) in [5.41, 5.74) is 0.0343. The Kier molecular flexibility index (Phi) is 4.16. The van der Waals surface area contributed by atoms with E-state index in [-0.39, 0.29) is 18.4 Å². The molecule has 0 saturated carbocycles. The summed E-state index contributed by atoms with van der Waals surface area (Å²) in [6, 6.07) is 1.50. The van der Waals surface area contributed by atoms with Gasteiger partial charge in [-0.25, -0.2) is 0 Å². The fourth-order valence-electron chi connectivity index (χ4n) is 2.87. The molecule has 0 radical (unpaired) electrons. The van der Waals surface area contributed by atoms with Gasteiger partial charge in [-0.1, -0.05) is 6.92 Å². The second-order valence-corrected chi connectivity index (χ2v) is 5.27. The minimum absolute atomic E-state index is 0.124. The van der Waals surface area contributed by atoms with Crippen LogP contribution in [0.5, 0.6) is 0 Å². The van der Waals surface area contributed by atoms with Crippen LogP contribution in [0.15, 0.2) is 17.1 Å². The molecule has 0 aromatic carbocycles. The van der Waals surface area contributed by atoms with Gasteiger partial charge in [-0.15, -0.1) is 0 Å². The van der Waals surface area contributed by atoms with Crippen molar-refractivity contribution in [3.05, 3.63) is 33.7 Å². The summed E-state index contributed by atoms with van der Waals surface area (Å²) in [4.78, 5) is 36.2. The monoisotopic (exact) mass is 293 g/mol. The maximum absolute atomic E-state index is 12.1. The fraction of sp³-hybridized carbons (Fsp3) is 0.533. The molecule has 0 saturated heterocycles. The van der Waals surface area contributed by atoms with Gasteiger partial charge in [0.15, 0.2) is 5.41 Å². The number of carbonyl (C=O) groups is 2. The molecule has 0 aliphatic heterocycles. The minimum Gasteiger partial charge on any atom is -0.468 e. The van der Waals surface area contributed by atoms with Crippen LogP contribution in [0.4, 0.5) is 0 Å². The van der Waals surface area contributed by atoms with E-state index in [1.807, 2.05) is 6.92 Å². The molecule has 0 spiro atoms. The van der Waals surface area contributed by atoms with Gasteiger partial charge >= 0.3 is 11.9 Å². The van der Waals surface area contributed by atoms with Crippen molar-refractivity contribution in [2.75, 3.05) is 14.2 Å². The summed E-state index contributed by atoms with van der Waals surface area (Å²) in [5, 5.41) is 0. The average Bonchev–Trinajstić information content (AvgIpc) is 2.85. The molecule has 0 amide bonds. The maximum atomic E-state index is 12.1. The Balaban J connectivity index is 2.46. The molecule has 1 aromatic rings. The molecule has 1 aliphatic rings. The van der Waals surface area contributed by atoms with Crippen molar-refractivity contribution in [1.82, 2.24) is 4.57 Å². The van der Waals surface area contributed by atoms with E-state index in [4.69, 9.17) is 9.47 Å². The Morgan fingerprint density at radius 2 is 1.76 bits per heavy atom. The van der Waals surface area contributed by atoms with Crippen LogP contribution in [0, 0.1) is 5.41 Å². The highest BCUT2D eigenvalue weighted by atomic mass is 16.5. The Morgan fingerprint density at radius 1 is 1.19 bits per heavy atom. The first-order chi connectivity index (χ1) is 9.98. The molecule has 0 fully saturated rings. The number of pyridine rings is 1. The zero-order valence-electron chi connectivity index (χ0n) is 12.5. The van der Waals surface area contributed by atoms with Crippen LogP contribution < -0.4 is 5.56 Å². The van der Waals surface area contributed by atoms with Gasteiger partial charge < -0.3 is 14.0 Å². The van der Waals surface area contributed by atoms with E-state index in [0.717, 1.165) is 12.0 Å². The van der Waals surface area contributed by atoms with Crippen LogP contribution in [0.2, 0.25) is 0 Å². The second kappa shape index (κ2) is 5.71. The topological polar surface area (TPSA) is 74.6 Å². The van der Waals surface area contributed by atoms with Crippen LogP contribution in [-0.4, -0.2) is 30.7 Å². The SMILES string of the molecule is CCCn1cc2c(cc1=O)CC(C(=O)OC)(C(=O)OC)C2. The third kappa shape index (κ3) is 2.46. The summed E-state index contributed by atoms with van der Waals surface area (Å²) in [6.45, 7) is 2.59. The second-order valence-electron chi connectivity index (χ2n) is 5.27. The highest BCUT2D eigenvalue weighted by Gasteiger charge is 2.52. The standard InChI is InChI=1S/C15H19NO5/c1-4-5-16-9-11-8-15(13(18)20-2,14(19)21-3)7-10(11)6-12(16)17/h6,9H,4-5,7-8H2,1-3H3. The van der Waals surface area contributed by atoms with Crippen molar-refractivity contribution in [2.24, 2.45) is 5.41 Å². The van der Waals surface area contributed by atoms with Crippen molar-refractivity contribution in [2.45, 2.75) is 32.7 Å². The smallest absolute Gasteiger partial charge is 0.323 e. The van der Waals surface area contributed by atoms with Gasteiger partial charge in [0, 0.05) is 31.6 Å². The number of carbonyl (C=O) groups excluding carboxylic acids is 2. The molecule has 0 N–H and O–H groups in total. The molecular formula is C15H19NO5. The first-order valence-corrected chi connectivity index (χ1v) is 6.87. The highest BCUT2D eigenvalue weighted by Crippen LogP contribution is 2.38. The molecule has 0 unspecified atom stereocenters. The number of esters is 2. The Labute approximate surface area is 122 Å². The number of methoxy groups -OCH3 is 2. The number of aryl methyl sites for hydroxylation is 1. The number of rotatable bonds is 4. The minimum atomic E-state index is -1.37. The highest BCUT2D eigenvalue weighted by molar-refractivity contribution is 6.01. The quantitative estimate of drug-likeness (QED) is 0.603. The number of aromatic nitrogens is 1. The number of hydrogen-bond donors (Lipinski definition) is 0. The normalized spacial score (nSPS) is 15.4. The molecule has 0 atom stereocenters. The number of hydrogen-bond acceptors (Lipinski definition) is 5.